The molecule has 0 saturated carbocycles. The molecule has 0 unspecified atom stereocenters. The summed E-state index contributed by atoms with van der Waals surface area (Å²) in [4.78, 5) is 21.0. The number of aromatic amines is 1. The van der Waals surface area contributed by atoms with E-state index in [4.69, 9.17) is 11.6 Å². The van der Waals surface area contributed by atoms with Gasteiger partial charge in [-0.1, -0.05) is 22.9 Å². The minimum Gasteiger partial charge on any atom is -0.358 e. The highest BCUT2D eigenvalue weighted by Gasteiger charge is 2.23. The van der Waals surface area contributed by atoms with Crippen LogP contribution in [-0.4, -0.2) is 21.4 Å². The lowest BCUT2D eigenvalue weighted by Gasteiger charge is -2.26. The summed E-state index contributed by atoms with van der Waals surface area (Å²) >= 11 is 7.67. The van der Waals surface area contributed by atoms with Gasteiger partial charge in [0.05, 0.1) is 15.1 Å². The fourth-order valence-corrected chi connectivity index (χ4v) is 4.70. The maximum atomic E-state index is 11.0. The lowest BCUT2D eigenvalue weighted by Crippen LogP contribution is -2.29. The molecule has 5 rings (SSSR count). The number of nitro benzene ring substituents is 1. The van der Waals surface area contributed by atoms with Crippen molar-refractivity contribution in [3.63, 3.8) is 0 Å². The Morgan fingerprint density at radius 3 is 3.00 bits per heavy atom. The number of nitrogens with zero attached hydrogens (tertiary/aromatic N) is 3. The average molecular weight is 385 g/mol. The molecule has 2 aromatic carbocycles. The van der Waals surface area contributed by atoms with Crippen molar-refractivity contribution in [2.45, 2.75) is 13.0 Å². The summed E-state index contributed by atoms with van der Waals surface area (Å²) in [6, 6.07) is 10.7. The average Bonchev–Trinajstić information content (AvgIpc) is 3.21. The zero-order valence-electron chi connectivity index (χ0n) is 13.5. The monoisotopic (exact) mass is 384 g/mol. The largest absolute Gasteiger partial charge is 0.358 e. The van der Waals surface area contributed by atoms with Crippen molar-refractivity contribution in [3.05, 3.63) is 62.8 Å². The quantitative estimate of drug-likeness (QED) is 0.394. The van der Waals surface area contributed by atoms with Crippen molar-refractivity contribution in [1.82, 2.24) is 9.97 Å². The van der Waals surface area contributed by atoms with E-state index in [0.29, 0.717) is 0 Å². The Morgan fingerprint density at radius 1 is 1.27 bits per heavy atom. The maximum absolute atomic E-state index is 11.0. The van der Waals surface area contributed by atoms with Gasteiger partial charge in [0.15, 0.2) is 5.13 Å². The summed E-state index contributed by atoms with van der Waals surface area (Å²) in [5.41, 5.74) is 4.48. The molecule has 1 aliphatic rings. The van der Waals surface area contributed by atoms with E-state index in [1.165, 1.54) is 28.7 Å². The third kappa shape index (κ3) is 2.43. The van der Waals surface area contributed by atoms with Gasteiger partial charge < -0.3 is 9.88 Å². The van der Waals surface area contributed by atoms with E-state index in [1.807, 2.05) is 18.2 Å². The molecular weight excluding hydrogens is 372 g/mol. The molecule has 130 valence electrons. The van der Waals surface area contributed by atoms with Crippen molar-refractivity contribution in [2.24, 2.45) is 0 Å². The Labute approximate surface area is 157 Å². The number of rotatable bonds is 2. The predicted octanol–water partition coefficient (Wildman–Crippen LogP) is 4.90. The Balaban J connectivity index is 1.54. The van der Waals surface area contributed by atoms with Crippen LogP contribution in [0, 0.1) is 10.1 Å². The lowest BCUT2D eigenvalue weighted by atomic mass is 10.1. The molecule has 2 aromatic heterocycles. The molecule has 4 aromatic rings. The number of nitro groups is 1. The van der Waals surface area contributed by atoms with Crippen LogP contribution < -0.4 is 4.90 Å². The molecule has 1 N–H and O–H groups in total. The molecule has 3 heterocycles. The van der Waals surface area contributed by atoms with Gasteiger partial charge in [-0.25, -0.2) is 4.98 Å². The summed E-state index contributed by atoms with van der Waals surface area (Å²) < 4.78 is 0.835. The molecule has 8 heteroatoms. The van der Waals surface area contributed by atoms with E-state index >= 15 is 0 Å². The fraction of sp³-hybridized carbons (Fsp3) is 0.167. The normalized spacial score (nSPS) is 14.1. The number of benzene rings is 2. The molecule has 0 atom stereocenters. The van der Waals surface area contributed by atoms with Gasteiger partial charge in [-0.05, 0) is 24.3 Å². The highest BCUT2D eigenvalue weighted by atomic mass is 35.5. The van der Waals surface area contributed by atoms with Crippen LogP contribution in [0.3, 0.4) is 0 Å². The van der Waals surface area contributed by atoms with E-state index < -0.39 is 0 Å². The van der Waals surface area contributed by atoms with Crippen LogP contribution in [0.1, 0.15) is 11.3 Å². The van der Waals surface area contributed by atoms with Crippen LogP contribution in [0.5, 0.6) is 0 Å². The number of H-pyrrole nitrogens is 1. The first-order chi connectivity index (χ1) is 12.6. The summed E-state index contributed by atoms with van der Waals surface area (Å²) in [5, 5.41) is 13.7. The number of fused-ring (bicyclic) bond motifs is 4. The molecule has 0 saturated heterocycles. The first-order valence-corrected chi connectivity index (χ1v) is 9.37. The standard InChI is InChI=1S/C18H13ClN4O2S/c19-10-1-3-14-12(7-10)13-9-22(6-5-15(13)20-14)18-21-16-4-2-11(23(24)25)8-17(16)26-18/h1-4,7-8,20H,5-6,9H2. The van der Waals surface area contributed by atoms with E-state index in [9.17, 15) is 10.1 Å². The highest BCUT2D eigenvalue weighted by Crippen LogP contribution is 2.36. The van der Waals surface area contributed by atoms with Gasteiger partial charge >= 0.3 is 0 Å². The van der Waals surface area contributed by atoms with Crippen LogP contribution in [0.25, 0.3) is 21.1 Å². The van der Waals surface area contributed by atoms with Gasteiger partial charge in [0.2, 0.25) is 0 Å². The van der Waals surface area contributed by atoms with Crippen molar-refractivity contribution in [3.8, 4) is 0 Å². The van der Waals surface area contributed by atoms with Crippen molar-refractivity contribution in [2.75, 3.05) is 11.4 Å². The van der Waals surface area contributed by atoms with Gasteiger partial charge in [0.25, 0.3) is 5.69 Å². The second-order valence-electron chi connectivity index (χ2n) is 6.35. The van der Waals surface area contributed by atoms with Crippen LogP contribution in [0.4, 0.5) is 10.8 Å². The molecule has 0 spiro atoms. The molecule has 0 amide bonds. The van der Waals surface area contributed by atoms with E-state index in [1.54, 1.807) is 12.1 Å². The van der Waals surface area contributed by atoms with Crippen molar-refractivity contribution >= 4 is 54.9 Å². The number of nitrogens with one attached hydrogen (secondary N) is 1. The van der Waals surface area contributed by atoms with Crippen molar-refractivity contribution in [1.29, 1.82) is 0 Å². The van der Waals surface area contributed by atoms with Crippen LogP contribution in [-0.2, 0) is 13.0 Å². The molecule has 0 radical (unpaired) electrons. The van der Waals surface area contributed by atoms with Gasteiger partial charge in [0, 0.05) is 58.8 Å². The summed E-state index contributed by atoms with van der Waals surface area (Å²) in [7, 11) is 0. The number of non-ortho nitro benzene ring substituents is 1. The van der Waals surface area contributed by atoms with Crippen LogP contribution in [0.15, 0.2) is 36.4 Å². The Morgan fingerprint density at radius 2 is 2.15 bits per heavy atom. The second-order valence-corrected chi connectivity index (χ2v) is 7.79. The molecule has 6 nitrogen and oxygen atoms in total. The number of hydrogen-bond donors (Lipinski definition) is 1. The molecular formula is C18H13ClN4O2S. The highest BCUT2D eigenvalue weighted by molar-refractivity contribution is 7.22. The third-order valence-corrected chi connectivity index (χ3v) is 6.09. The number of hydrogen-bond acceptors (Lipinski definition) is 5. The summed E-state index contributed by atoms with van der Waals surface area (Å²) in [5.74, 6) is 0. The van der Waals surface area contributed by atoms with Gasteiger partial charge in [0.1, 0.15) is 0 Å². The summed E-state index contributed by atoms with van der Waals surface area (Å²) in [6.45, 7) is 1.60. The molecule has 0 bridgehead atoms. The zero-order valence-corrected chi connectivity index (χ0v) is 15.1. The third-order valence-electron chi connectivity index (χ3n) is 4.78. The van der Waals surface area contributed by atoms with Crippen molar-refractivity contribution < 1.29 is 4.92 Å². The molecule has 1 aliphatic heterocycles. The van der Waals surface area contributed by atoms with E-state index in [-0.39, 0.29) is 10.6 Å². The molecule has 0 fully saturated rings. The fourth-order valence-electron chi connectivity index (χ4n) is 3.50. The van der Waals surface area contributed by atoms with Gasteiger partial charge in [-0.15, -0.1) is 0 Å². The Kier molecular flexibility index (Phi) is 3.41. The molecule has 26 heavy (non-hydrogen) atoms. The first kappa shape index (κ1) is 15.6. The summed E-state index contributed by atoms with van der Waals surface area (Å²) in [6.07, 6.45) is 0.901. The lowest BCUT2D eigenvalue weighted by molar-refractivity contribution is -0.384. The SMILES string of the molecule is O=[N+]([O-])c1ccc2nc(N3CCc4[nH]c5ccc(Cl)cc5c4C3)sc2c1. The Bertz CT molecular complexity index is 1180. The van der Waals surface area contributed by atoms with Gasteiger partial charge in [-0.3, -0.25) is 10.1 Å². The number of thiazole rings is 1. The molecule has 0 aliphatic carbocycles. The van der Waals surface area contributed by atoms with Crippen LogP contribution in [0.2, 0.25) is 5.02 Å². The topological polar surface area (TPSA) is 75.1 Å². The Hall–Kier alpha value is -2.64. The smallest absolute Gasteiger partial charge is 0.270 e. The minimum atomic E-state index is -0.373. The number of halogens is 1. The second kappa shape index (κ2) is 5.69. The van der Waals surface area contributed by atoms with Gasteiger partial charge in [-0.2, -0.15) is 0 Å². The van der Waals surface area contributed by atoms with E-state index in [2.05, 4.69) is 14.9 Å². The number of aromatic nitrogens is 2. The number of anilines is 1. The first-order valence-electron chi connectivity index (χ1n) is 8.17. The zero-order chi connectivity index (χ0) is 17.8. The van der Waals surface area contributed by atoms with E-state index in [0.717, 1.165) is 50.8 Å². The minimum absolute atomic E-state index is 0.0971. The predicted molar refractivity (Wildman–Crippen MR) is 104 cm³/mol. The maximum Gasteiger partial charge on any atom is 0.270 e. The van der Waals surface area contributed by atoms with Crippen LogP contribution >= 0.6 is 22.9 Å².